The maximum Gasteiger partial charge on any atom is 0.166 e. The molecule has 0 saturated carbocycles. The van der Waals surface area contributed by atoms with Gasteiger partial charge in [-0.3, -0.25) is 0 Å². The lowest BCUT2D eigenvalue weighted by atomic mass is 9.82. The van der Waals surface area contributed by atoms with Crippen LogP contribution in [0.2, 0.25) is 0 Å². The lowest BCUT2D eigenvalue weighted by Crippen LogP contribution is -2.15. The van der Waals surface area contributed by atoms with Crippen molar-refractivity contribution in [3.05, 3.63) is 213 Å². The summed E-state index contributed by atoms with van der Waals surface area (Å²) in [6, 6.07) is 66.1. The topological polar surface area (TPSA) is 69.4 Å². The number of hydrogen-bond acceptors (Lipinski definition) is 5. The fraction of sp³-hybridized carbons (Fsp3) is 0.214. The molecule has 0 atom stereocenters. The minimum absolute atomic E-state index is 0.200. The SMILES string of the molecule is CCCCc1cc(I)cc(-c2nc(-c3cc(CCCC)cc(CCCC)c3)nc(-c3cc(-c4nc(-c5ccccc5)cc(-c5ccccc5)n4)ccc3-n3c4ccccc4c4cc5c(cc43)C(C)(C)c3ccccc3-5)n2)c1. The second kappa shape index (κ2) is 21.4. The monoisotopic (exact) mass is 1110 g/mol. The Morgan fingerprint density at radius 2 is 0.935 bits per heavy atom. The lowest BCUT2D eigenvalue weighted by Gasteiger charge is -2.22. The van der Waals surface area contributed by atoms with Crippen LogP contribution in [0.25, 0.3) is 107 Å². The molecule has 12 rings (SSSR count). The number of aryl methyl sites for hydroxylation is 3. The Labute approximate surface area is 466 Å². The first-order valence-corrected chi connectivity index (χ1v) is 28.8. The molecule has 0 N–H and O–H groups in total. The number of para-hydroxylation sites is 1. The second-order valence-electron chi connectivity index (χ2n) is 21.4. The van der Waals surface area contributed by atoms with Crippen molar-refractivity contribution in [1.82, 2.24) is 29.5 Å². The zero-order chi connectivity index (χ0) is 52.6. The predicted molar refractivity (Wildman–Crippen MR) is 328 cm³/mol. The molecular weight excluding hydrogens is 1050 g/mol. The number of unbranched alkanes of at least 4 members (excludes halogenated alkanes) is 3. The standard InChI is InChI=1S/C70H63IN6/c1-6-9-22-45-35-46(23-10-7-2)37-51(36-45)67-74-68(52-38-47(24-11-8-3)39-53(71)40-52)76-69(75-67)58-41-50(66-72-61(48-25-14-12-15-26-48)44-62(73-66)49-27-16-13-17-28-49)33-34-64(58)77-63-32-21-19-30-55(63)57-42-56-54-29-18-20-31-59(54)70(4,5)60(56)43-65(57)77/h12-21,25-44H,6-11,22-24H2,1-5H3. The summed E-state index contributed by atoms with van der Waals surface area (Å²) in [5.74, 6) is 2.53. The smallest absolute Gasteiger partial charge is 0.166 e. The molecule has 11 aromatic rings. The Bertz CT molecular complexity index is 3900. The van der Waals surface area contributed by atoms with Crippen LogP contribution in [-0.4, -0.2) is 29.5 Å². The molecule has 77 heavy (non-hydrogen) atoms. The normalized spacial score (nSPS) is 12.6. The maximum absolute atomic E-state index is 5.66. The molecule has 0 spiro atoms. The van der Waals surface area contributed by atoms with Crippen molar-refractivity contribution in [2.24, 2.45) is 0 Å². The van der Waals surface area contributed by atoms with Gasteiger partial charge < -0.3 is 4.57 Å². The predicted octanol–water partition coefficient (Wildman–Crippen LogP) is 18.7. The van der Waals surface area contributed by atoms with Crippen molar-refractivity contribution in [1.29, 1.82) is 0 Å². The van der Waals surface area contributed by atoms with Crippen LogP contribution in [0, 0.1) is 3.57 Å². The molecule has 0 saturated heterocycles. The molecule has 3 aromatic heterocycles. The zero-order valence-electron chi connectivity index (χ0n) is 44.7. The molecule has 0 bridgehead atoms. The summed E-state index contributed by atoms with van der Waals surface area (Å²) in [7, 11) is 0. The van der Waals surface area contributed by atoms with Crippen LogP contribution in [0.1, 0.15) is 101 Å². The quantitative estimate of drug-likeness (QED) is 0.0902. The van der Waals surface area contributed by atoms with Crippen LogP contribution in [0.5, 0.6) is 0 Å². The molecule has 0 amide bonds. The van der Waals surface area contributed by atoms with Crippen LogP contribution >= 0.6 is 22.6 Å². The highest BCUT2D eigenvalue weighted by Crippen LogP contribution is 2.51. The van der Waals surface area contributed by atoms with E-state index >= 15 is 0 Å². The molecule has 1 aliphatic rings. The average Bonchev–Trinajstić information content (AvgIpc) is 4.16. The summed E-state index contributed by atoms with van der Waals surface area (Å²) in [5, 5.41) is 2.39. The molecule has 380 valence electrons. The molecule has 0 aliphatic heterocycles. The van der Waals surface area contributed by atoms with Crippen LogP contribution in [0.15, 0.2) is 182 Å². The number of benzene rings is 8. The third-order valence-corrected chi connectivity index (χ3v) is 16.2. The number of aromatic nitrogens is 6. The molecule has 0 radical (unpaired) electrons. The summed E-state index contributed by atoms with van der Waals surface area (Å²) in [6.45, 7) is 11.5. The summed E-state index contributed by atoms with van der Waals surface area (Å²) in [6.07, 6.45) is 9.72. The first-order chi connectivity index (χ1) is 37.7. The Kier molecular flexibility index (Phi) is 14.0. The van der Waals surface area contributed by atoms with E-state index in [4.69, 9.17) is 24.9 Å². The average molecular weight is 1120 g/mol. The third kappa shape index (κ3) is 9.80. The molecular formula is C70H63IN6. The van der Waals surface area contributed by atoms with Crippen LogP contribution in [0.4, 0.5) is 0 Å². The van der Waals surface area contributed by atoms with E-state index < -0.39 is 0 Å². The van der Waals surface area contributed by atoms with Crippen molar-refractivity contribution in [3.8, 4) is 84.9 Å². The first-order valence-electron chi connectivity index (χ1n) is 27.7. The minimum atomic E-state index is -0.200. The van der Waals surface area contributed by atoms with Crippen molar-refractivity contribution >= 4 is 44.4 Å². The van der Waals surface area contributed by atoms with Crippen LogP contribution in [0.3, 0.4) is 0 Å². The highest BCUT2D eigenvalue weighted by molar-refractivity contribution is 14.1. The van der Waals surface area contributed by atoms with Gasteiger partial charge in [0.2, 0.25) is 0 Å². The maximum atomic E-state index is 5.66. The van der Waals surface area contributed by atoms with E-state index in [1.165, 1.54) is 49.7 Å². The van der Waals surface area contributed by atoms with Gasteiger partial charge in [0.25, 0.3) is 0 Å². The van der Waals surface area contributed by atoms with E-state index in [-0.39, 0.29) is 5.41 Å². The van der Waals surface area contributed by atoms with Crippen LogP contribution < -0.4 is 0 Å². The van der Waals surface area contributed by atoms with Gasteiger partial charge in [0.1, 0.15) is 0 Å². The molecule has 7 heteroatoms. The van der Waals surface area contributed by atoms with Gasteiger partial charge in [-0.05, 0) is 173 Å². The molecule has 6 nitrogen and oxygen atoms in total. The minimum Gasteiger partial charge on any atom is -0.308 e. The van der Waals surface area contributed by atoms with E-state index in [1.807, 2.05) is 12.1 Å². The van der Waals surface area contributed by atoms with Gasteiger partial charge in [-0.2, -0.15) is 0 Å². The zero-order valence-corrected chi connectivity index (χ0v) is 46.9. The highest BCUT2D eigenvalue weighted by atomic mass is 127. The van der Waals surface area contributed by atoms with E-state index in [9.17, 15) is 0 Å². The number of halogens is 1. The van der Waals surface area contributed by atoms with E-state index in [1.54, 1.807) is 0 Å². The highest BCUT2D eigenvalue weighted by Gasteiger charge is 2.36. The lowest BCUT2D eigenvalue weighted by molar-refractivity contribution is 0.661. The van der Waals surface area contributed by atoms with Crippen molar-refractivity contribution in [2.75, 3.05) is 0 Å². The van der Waals surface area contributed by atoms with Gasteiger partial charge >= 0.3 is 0 Å². The van der Waals surface area contributed by atoms with Gasteiger partial charge in [-0.25, -0.2) is 24.9 Å². The summed E-state index contributed by atoms with van der Waals surface area (Å²) < 4.78 is 3.61. The summed E-state index contributed by atoms with van der Waals surface area (Å²) in [5.41, 5.74) is 19.7. The van der Waals surface area contributed by atoms with Crippen molar-refractivity contribution in [3.63, 3.8) is 0 Å². The number of hydrogen-bond donors (Lipinski definition) is 0. The Morgan fingerprint density at radius 3 is 1.57 bits per heavy atom. The van der Waals surface area contributed by atoms with E-state index in [2.05, 4.69) is 232 Å². The van der Waals surface area contributed by atoms with Crippen molar-refractivity contribution in [2.45, 2.75) is 97.8 Å². The second-order valence-corrected chi connectivity index (χ2v) is 22.6. The van der Waals surface area contributed by atoms with Crippen molar-refractivity contribution < 1.29 is 0 Å². The van der Waals surface area contributed by atoms with Gasteiger partial charge in [0, 0.05) is 53.1 Å². The molecule has 8 aromatic carbocycles. The number of nitrogens with zero attached hydrogens (tertiary/aromatic N) is 6. The Balaban J connectivity index is 1.16. The Hall–Kier alpha value is -7.62. The van der Waals surface area contributed by atoms with Gasteiger partial charge in [-0.1, -0.05) is 163 Å². The van der Waals surface area contributed by atoms with Gasteiger partial charge in [0.05, 0.1) is 28.1 Å². The van der Waals surface area contributed by atoms with E-state index in [0.29, 0.717) is 23.3 Å². The van der Waals surface area contributed by atoms with Crippen LogP contribution in [-0.2, 0) is 24.7 Å². The van der Waals surface area contributed by atoms with Gasteiger partial charge in [-0.15, -0.1) is 0 Å². The third-order valence-electron chi connectivity index (χ3n) is 15.6. The first kappa shape index (κ1) is 50.2. The molecule has 3 heterocycles. The molecule has 0 fully saturated rings. The van der Waals surface area contributed by atoms with E-state index in [0.717, 1.165) is 123 Å². The van der Waals surface area contributed by atoms with Gasteiger partial charge in [0.15, 0.2) is 23.3 Å². The fourth-order valence-electron chi connectivity index (χ4n) is 11.6. The number of fused-ring (bicyclic) bond motifs is 6. The Morgan fingerprint density at radius 1 is 0.390 bits per heavy atom. The number of rotatable bonds is 16. The molecule has 0 unspecified atom stereocenters. The summed E-state index contributed by atoms with van der Waals surface area (Å²) in [4.78, 5) is 27.5. The molecule has 1 aliphatic carbocycles. The fourth-order valence-corrected chi connectivity index (χ4v) is 12.3. The largest absolute Gasteiger partial charge is 0.308 e. The summed E-state index contributed by atoms with van der Waals surface area (Å²) >= 11 is 2.46.